The van der Waals surface area contributed by atoms with Gasteiger partial charge in [-0.1, -0.05) is 19.8 Å². The Kier molecular flexibility index (Phi) is 1.40. The minimum atomic E-state index is -0.823. The molecule has 0 aromatic heterocycles. The van der Waals surface area contributed by atoms with Crippen molar-refractivity contribution in [2.24, 2.45) is 17.3 Å². The zero-order chi connectivity index (χ0) is 8.98. The van der Waals surface area contributed by atoms with Crippen LogP contribution in [0.2, 0.25) is 0 Å². The predicted octanol–water partition coefficient (Wildman–Crippen LogP) is 1.81. The molecule has 0 amide bonds. The van der Waals surface area contributed by atoms with Gasteiger partial charge in [-0.3, -0.25) is 0 Å². The average molecular weight is 164 g/mol. The fourth-order valence-electron chi connectivity index (χ4n) is 3.16. The van der Waals surface area contributed by atoms with Crippen molar-refractivity contribution in [2.45, 2.75) is 38.7 Å². The fourth-order valence-corrected chi connectivity index (χ4v) is 3.16. The Bertz CT molecular complexity index is 248. The molecule has 1 nitrogen and oxygen atoms in total. The van der Waals surface area contributed by atoms with E-state index in [-0.39, 0.29) is 5.41 Å². The summed E-state index contributed by atoms with van der Waals surface area (Å²) in [7, 11) is 0. The lowest BCUT2D eigenvalue weighted by Gasteiger charge is -2.42. The van der Waals surface area contributed by atoms with E-state index >= 15 is 0 Å². The third-order valence-electron chi connectivity index (χ3n) is 4.25. The molecule has 2 saturated carbocycles. The van der Waals surface area contributed by atoms with Crippen LogP contribution in [0.4, 0.5) is 0 Å². The summed E-state index contributed by atoms with van der Waals surface area (Å²) < 4.78 is 0. The molecule has 2 bridgehead atoms. The van der Waals surface area contributed by atoms with Crippen molar-refractivity contribution in [1.82, 2.24) is 0 Å². The van der Waals surface area contributed by atoms with E-state index in [1.54, 1.807) is 0 Å². The van der Waals surface area contributed by atoms with E-state index in [0.29, 0.717) is 11.8 Å². The Hall–Kier alpha value is -0.480. The van der Waals surface area contributed by atoms with Gasteiger partial charge in [-0.25, -0.2) is 0 Å². The van der Waals surface area contributed by atoms with Gasteiger partial charge in [0.1, 0.15) is 5.60 Å². The Labute approximate surface area is 74.2 Å². The molecular weight excluding hydrogens is 148 g/mol. The van der Waals surface area contributed by atoms with Crippen LogP contribution >= 0.6 is 0 Å². The molecule has 0 saturated heterocycles. The molecular formula is C11H16O. The van der Waals surface area contributed by atoms with E-state index in [0.717, 1.165) is 12.8 Å². The van der Waals surface area contributed by atoms with Gasteiger partial charge in [0.2, 0.25) is 0 Å². The summed E-state index contributed by atoms with van der Waals surface area (Å²) in [5.74, 6) is 3.62. The largest absolute Gasteiger partial charge is 0.377 e. The maximum Gasteiger partial charge on any atom is 0.133 e. The van der Waals surface area contributed by atoms with Crippen LogP contribution < -0.4 is 0 Å². The number of hydrogen-bond acceptors (Lipinski definition) is 1. The standard InChI is InChI=1S/C11H16O/c1-4-11(12)9-6-5-8(7-9)10(11,2)3/h1,8-9,12H,5-7H2,2-3H3. The molecule has 12 heavy (non-hydrogen) atoms. The molecule has 3 atom stereocenters. The van der Waals surface area contributed by atoms with Gasteiger partial charge in [-0.15, -0.1) is 6.42 Å². The second kappa shape index (κ2) is 2.06. The van der Waals surface area contributed by atoms with Crippen molar-refractivity contribution in [3.63, 3.8) is 0 Å². The Morgan fingerprint density at radius 3 is 2.25 bits per heavy atom. The Morgan fingerprint density at radius 1 is 1.33 bits per heavy atom. The van der Waals surface area contributed by atoms with Crippen molar-refractivity contribution in [1.29, 1.82) is 0 Å². The molecule has 0 aromatic rings. The molecule has 0 aromatic carbocycles. The van der Waals surface area contributed by atoms with E-state index in [1.165, 1.54) is 6.42 Å². The van der Waals surface area contributed by atoms with Gasteiger partial charge in [0.25, 0.3) is 0 Å². The summed E-state index contributed by atoms with van der Waals surface area (Å²) in [6, 6.07) is 0. The smallest absolute Gasteiger partial charge is 0.133 e. The quantitative estimate of drug-likeness (QED) is 0.541. The average Bonchev–Trinajstić information content (AvgIpc) is 2.55. The topological polar surface area (TPSA) is 20.2 Å². The van der Waals surface area contributed by atoms with Crippen LogP contribution in [0, 0.1) is 29.6 Å². The number of aliphatic hydroxyl groups is 1. The highest BCUT2D eigenvalue weighted by molar-refractivity contribution is 5.24. The van der Waals surface area contributed by atoms with Crippen LogP contribution in [0.3, 0.4) is 0 Å². The molecule has 1 N–H and O–H groups in total. The van der Waals surface area contributed by atoms with Crippen LogP contribution in [0.15, 0.2) is 0 Å². The van der Waals surface area contributed by atoms with Gasteiger partial charge in [-0.05, 0) is 31.1 Å². The van der Waals surface area contributed by atoms with Crippen molar-refractivity contribution in [2.75, 3.05) is 0 Å². The lowest BCUT2D eigenvalue weighted by atomic mass is 9.66. The summed E-state index contributed by atoms with van der Waals surface area (Å²) in [6.07, 6.45) is 8.93. The molecule has 0 heterocycles. The minimum Gasteiger partial charge on any atom is -0.377 e. The third-order valence-corrected chi connectivity index (χ3v) is 4.25. The SMILES string of the molecule is C#CC1(O)C2CCC(C2)C1(C)C. The molecule has 3 unspecified atom stereocenters. The molecule has 66 valence electrons. The second-order valence-electron chi connectivity index (χ2n) is 4.84. The molecule has 2 rings (SSSR count). The van der Waals surface area contributed by atoms with Crippen LogP contribution in [0.5, 0.6) is 0 Å². The normalized spacial score (nSPS) is 49.2. The monoisotopic (exact) mass is 164 g/mol. The van der Waals surface area contributed by atoms with Gasteiger partial charge >= 0.3 is 0 Å². The second-order valence-corrected chi connectivity index (χ2v) is 4.84. The molecule has 1 heteroatoms. The van der Waals surface area contributed by atoms with E-state index in [1.807, 2.05) is 0 Å². The van der Waals surface area contributed by atoms with E-state index in [4.69, 9.17) is 6.42 Å². The summed E-state index contributed by atoms with van der Waals surface area (Å²) in [5, 5.41) is 10.3. The lowest BCUT2D eigenvalue weighted by molar-refractivity contribution is -0.0571. The van der Waals surface area contributed by atoms with Crippen molar-refractivity contribution < 1.29 is 5.11 Å². The molecule has 0 radical (unpaired) electrons. The highest BCUT2D eigenvalue weighted by Crippen LogP contribution is 2.61. The van der Waals surface area contributed by atoms with Gasteiger partial charge in [0.15, 0.2) is 0 Å². The molecule has 0 aliphatic heterocycles. The number of hydrogen-bond donors (Lipinski definition) is 1. The molecule has 2 aliphatic carbocycles. The predicted molar refractivity (Wildman–Crippen MR) is 48.4 cm³/mol. The molecule has 2 aliphatic rings. The van der Waals surface area contributed by atoms with Crippen molar-refractivity contribution in [3.05, 3.63) is 0 Å². The van der Waals surface area contributed by atoms with Gasteiger partial charge < -0.3 is 5.11 Å². The first-order valence-electron chi connectivity index (χ1n) is 4.72. The van der Waals surface area contributed by atoms with Crippen molar-refractivity contribution >= 4 is 0 Å². The van der Waals surface area contributed by atoms with E-state index in [9.17, 15) is 5.11 Å². The maximum absolute atomic E-state index is 10.3. The molecule has 0 spiro atoms. The lowest BCUT2D eigenvalue weighted by Crippen LogP contribution is -2.48. The third kappa shape index (κ3) is 0.653. The first-order valence-corrected chi connectivity index (χ1v) is 4.72. The summed E-state index contributed by atoms with van der Waals surface area (Å²) in [4.78, 5) is 0. The summed E-state index contributed by atoms with van der Waals surface area (Å²) in [5.41, 5.74) is -0.888. The highest BCUT2D eigenvalue weighted by atomic mass is 16.3. The van der Waals surface area contributed by atoms with Gasteiger partial charge in [-0.2, -0.15) is 0 Å². The number of fused-ring (bicyclic) bond motifs is 2. The molecule has 2 fully saturated rings. The zero-order valence-electron chi connectivity index (χ0n) is 7.80. The highest BCUT2D eigenvalue weighted by Gasteiger charge is 2.61. The summed E-state index contributed by atoms with van der Waals surface area (Å²) in [6.45, 7) is 4.22. The first kappa shape index (κ1) is 8.13. The van der Waals surface area contributed by atoms with Crippen LogP contribution in [0.1, 0.15) is 33.1 Å². The van der Waals surface area contributed by atoms with Gasteiger partial charge in [0.05, 0.1) is 0 Å². The van der Waals surface area contributed by atoms with Gasteiger partial charge in [0, 0.05) is 5.41 Å². The number of terminal acetylenes is 1. The maximum atomic E-state index is 10.3. The van der Waals surface area contributed by atoms with Crippen LogP contribution in [0.25, 0.3) is 0 Å². The fraction of sp³-hybridized carbons (Fsp3) is 0.818. The minimum absolute atomic E-state index is 0.0648. The van der Waals surface area contributed by atoms with E-state index in [2.05, 4.69) is 19.8 Å². The van der Waals surface area contributed by atoms with E-state index < -0.39 is 5.60 Å². The van der Waals surface area contributed by atoms with Crippen LogP contribution in [-0.2, 0) is 0 Å². The summed E-state index contributed by atoms with van der Waals surface area (Å²) >= 11 is 0. The Balaban J connectivity index is 2.43. The first-order chi connectivity index (χ1) is 5.52. The Morgan fingerprint density at radius 2 is 1.92 bits per heavy atom. The zero-order valence-corrected chi connectivity index (χ0v) is 7.80. The number of rotatable bonds is 0. The van der Waals surface area contributed by atoms with Crippen molar-refractivity contribution in [3.8, 4) is 12.3 Å². The van der Waals surface area contributed by atoms with Crippen LogP contribution in [-0.4, -0.2) is 10.7 Å².